The fourth-order valence-electron chi connectivity index (χ4n) is 2.42. The number of hydrogen-bond donors (Lipinski definition) is 2. The van der Waals surface area contributed by atoms with Crippen molar-refractivity contribution in [3.8, 4) is 0 Å². The van der Waals surface area contributed by atoms with Crippen LogP contribution in [0.4, 0.5) is 8.78 Å². The fraction of sp³-hybridized carbons (Fsp3) is 0.500. The molecule has 3 nitrogen and oxygen atoms in total. The molecule has 1 aromatic rings. The summed E-state index contributed by atoms with van der Waals surface area (Å²) in [6, 6.07) is 3.08. The van der Waals surface area contributed by atoms with Gasteiger partial charge in [-0.05, 0) is 43.4 Å². The molecule has 0 bridgehead atoms. The minimum absolute atomic E-state index is 0.107. The Balaban J connectivity index is 1.88. The monoisotopic (exact) mass is 269 g/mol. The summed E-state index contributed by atoms with van der Waals surface area (Å²) in [5.74, 6) is -2.16. The number of amides is 1. The summed E-state index contributed by atoms with van der Waals surface area (Å²) in [4.78, 5) is 11.8. The maximum Gasteiger partial charge on any atom is 0.251 e. The molecule has 0 heterocycles. The van der Waals surface area contributed by atoms with E-state index in [2.05, 4.69) is 5.32 Å². The van der Waals surface area contributed by atoms with Crippen molar-refractivity contribution in [2.24, 2.45) is 5.92 Å². The molecule has 1 aliphatic carbocycles. The van der Waals surface area contributed by atoms with E-state index in [-0.39, 0.29) is 17.6 Å². The molecule has 1 saturated carbocycles. The van der Waals surface area contributed by atoms with Gasteiger partial charge in [0.15, 0.2) is 11.6 Å². The van der Waals surface area contributed by atoms with Crippen LogP contribution in [0.1, 0.15) is 36.0 Å². The molecule has 1 aliphatic rings. The SMILES string of the molecule is O=C(NCC1CCCC(O)C1)c1ccc(F)c(F)c1. The van der Waals surface area contributed by atoms with Gasteiger partial charge in [0.2, 0.25) is 0 Å². The summed E-state index contributed by atoms with van der Waals surface area (Å²) in [5.41, 5.74) is 0.107. The number of rotatable bonds is 3. The van der Waals surface area contributed by atoms with Crippen molar-refractivity contribution in [2.45, 2.75) is 31.8 Å². The Morgan fingerprint density at radius 1 is 1.32 bits per heavy atom. The van der Waals surface area contributed by atoms with E-state index in [9.17, 15) is 18.7 Å². The van der Waals surface area contributed by atoms with E-state index in [4.69, 9.17) is 0 Å². The van der Waals surface area contributed by atoms with Crippen molar-refractivity contribution in [1.29, 1.82) is 0 Å². The Kier molecular flexibility index (Phi) is 4.47. The van der Waals surface area contributed by atoms with E-state index < -0.39 is 17.5 Å². The number of aliphatic hydroxyl groups is 1. The first-order valence-electron chi connectivity index (χ1n) is 6.47. The van der Waals surface area contributed by atoms with E-state index in [0.29, 0.717) is 13.0 Å². The predicted octanol–water partition coefficient (Wildman–Crippen LogP) is 2.25. The Labute approximate surface area is 110 Å². The molecule has 0 aromatic heterocycles. The van der Waals surface area contributed by atoms with Gasteiger partial charge in [-0.1, -0.05) is 6.42 Å². The van der Waals surface area contributed by atoms with Gasteiger partial charge in [0.25, 0.3) is 5.91 Å². The zero-order valence-corrected chi connectivity index (χ0v) is 10.5. The highest BCUT2D eigenvalue weighted by atomic mass is 19.2. The second-order valence-corrected chi connectivity index (χ2v) is 5.03. The van der Waals surface area contributed by atoms with Gasteiger partial charge in [0.05, 0.1) is 6.10 Å². The number of carbonyl (C=O) groups excluding carboxylic acids is 1. The quantitative estimate of drug-likeness (QED) is 0.884. The molecule has 1 amide bonds. The van der Waals surface area contributed by atoms with Gasteiger partial charge in [-0.15, -0.1) is 0 Å². The first kappa shape index (κ1) is 13.9. The Hall–Kier alpha value is -1.49. The van der Waals surface area contributed by atoms with Crippen LogP contribution in [0.15, 0.2) is 18.2 Å². The summed E-state index contributed by atoms with van der Waals surface area (Å²) < 4.78 is 25.7. The fourth-order valence-corrected chi connectivity index (χ4v) is 2.42. The van der Waals surface area contributed by atoms with Crippen LogP contribution in [0.2, 0.25) is 0 Å². The van der Waals surface area contributed by atoms with Crippen molar-refractivity contribution in [3.63, 3.8) is 0 Å². The van der Waals surface area contributed by atoms with Crippen molar-refractivity contribution >= 4 is 5.91 Å². The highest BCUT2D eigenvalue weighted by Gasteiger charge is 2.20. The van der Waals surface area contributed by atoms with E-state index in [1.807, 2.05) is 0 Å². The molecule has 2 N–H and O–H groups in total. The zero-order chi connectivity index (χ0) is 13.8. The molecular weight excluding hydrogens is 252 g/mol. The maximum absolute atomic E-state index is 13.0. The second-order valence-electron chi connectivity index (χ2n) is 5.03. The summed E-state index contributed by atoms with van der Waals surface area (Å²) in [6.45, 7) is 0.453. The van der Waals surface area contributed by atoms with Crippen LogP contribution in [0.25, 0.3) is 0 Å². The van der Waals surface area contributed by atoms with Crippen LogP contribution in [0, 0.1) is 17.6 Å². The third-order valence-corrected chi connectivity index (χ3v) is 3.49. The van der Waals surface area contributed by atoms with E-state index in [1.165, 1.54) is 6.07 Å². The number of nitrogens with one attached hydrogen (secondary N) is 1. The molecule has 2 rings (SSSR count). The number of aliphatic hydroxyl groups excluding tert-OH is 1. The lowest BCUT2D eigenvalue weighted by molar-refractivity contribution is 0.0873. The van der Waals surface area contributed by atoms with Crippen molar-refractivity contribution < 1.29 is 18.7 Å². The van der Waals surface area contributed by atoms with Gasteiger partial charge in [-0.25, -0.2) is 8.78 Å². The predicted molar refractivity (Wildman–Crippen MR) is 66.7 cm³/mol. The molecule has 0 radical (unpaired) electrons. The molecule has 2 atom stereocenters. The van der Waals surface area contributed by atoms with Gasteiger partial charge in [-0.3, -0.25) is 4.79 Å². The Morgan fingerprint density at radius 3 is 2.79 bits per heavy atom. The minimum Gasteiger partial charge on any atom is -0.393 e. The molecule has 5 heteroatoms. The average Bonchev–Trinajstić information content (AvgIpc) is 2.39. The van der Waals surface area contributed by atoms with Crippen molar-refractivity contribution in [3.05, 3.63) is 35.4 Å². The molecule has 1 fully saturated rings. The summed E-state index contributed by atoms with van der Waals surface area (Å²) in [7, 11) is 0. The minimum atomic E-state index is -1.03. The van der Waals surface area contributed by atoms with Crippen LogP contribution >= 0.6 is 0 Å². The molecule has 0 spiro atoms. The standard InChI is InChI=1S/C14H17F2NO2/c15-12-5-4-10(7-13(12)16)14(19)17-8-9-2-1-3-11(18)6-9/h4-5,7,9,11,18H,1-3,6,8H2,(H,17,19). The molecule has 1 aromatic carbocycles. The van der Waals surface area contributed by atoms with Crippen LogP contribution in [0.3, 0.4) is 0 Å². The van der Waals surface area contributed by atoms with Crippen molar-refractivity contribution in [1.82, 2.24) is 5.32 Å². The second kappa shape index (κ2) is 6.10. The third kappa shape index (κ3) is 3.73. The van der Waals surface area contributed by atoms with E-state index >= 15 is 0 Å². The Morgan fingerprint density at radius 2 is 2.11 bits per heavy atom. The van der Waals surface area contributed by atoms with Crippen LogP contribution < -0.4 is 5.32 Å². The number of carbonyl (C=O) groups is 1. The van der Waals surface area contributed by atoms with Crippen molar-refractivity contribution in [2.75, 3.05) is 6.54 Å². The molecule has 19 heavy (non-hydrogen) atoms. The normalized spacial score (nSPS) is 23.1. The van der Waals surface area contributed by atoms with Gasteiger partial charge in [-0.2, -0.15) is 0 Å². The number of hydrogen-bond acceptors (Lipinski definition) is 2. The lowest BCUT2D eigenvalue weighted by atomic mass is 9.87. The highest BCUT2D eigenvalue weighted by molar-refractivity contribution is 5.94. The molecule has 104 valence electrons. The first-order valence-corrected chi connectivity index (χ1v) is 6.47. The van der Waals surface area contributed by atoms with Gasteiger partial charge < -0.3 is 10.4 Å². The largest absolute Gasteiger partial charge is 0.393 e. The molecule has 2 unspecified atom stereocenters. The van der Waals surface area contributed by atoms with E-state index in [0.717, 1.165) is 31.4 Å². The maximum atomic E-state index is 13.0. The van der Waals surface area contributed by atoms with E-state index in [1.54, 1.807) is 0 Å². The first-order chi connectivity index (χ1) is 9.06. The zero-order valence-electron chi connectivity index (χ0n) is 10.5. The summed E-state index contributed by atoms with van der Waals surface area (Å²) in [5, 5.41) is 12.2. The lowest BCUT2D eigenvalue weighted by Gasteiger charge is -2.25. The molecule has 0 aliphatic heterocycles. The van der Waals surface area contributed by atoms with Crippen LogP contribution in [-0.2, 0) is 0 Å². The number of benzene rings is 1. The summed E-state index contributed by atoms with van der Waals surface area (Å²) in [6.07, 6.45) is 3.12. The van der Waals surface area contributed by atoms with Gasteiger partial charge >= 0.3 is 0 Å². The number of halogens is 2. The van der Waals surface area contributed by atoms with Gasteiger partial charge in [0, 0.05) is 12.1 Å². The smallest absolute Gasteiger partial charge is 0.251 e. The topological polar surface area (TPSA) is 49.3 Å². The molecule has 0 saturated heterocycles. The highest BCUT2D eigenvalue weighted by Crippen LogP contribution is 2.23. The third-order valence-electron chi connectivity index (χ3n) is 3.49. The van der Waals surface area contributed by atoms with Crippen LogP contribution in [-0.4, -0.2) is 23.7 Å². The Bertz CT molecular complexity index is 465. The lowest BCUT2D eigenvalue weighted by Crippen LogP contribution is -2.33. The van der Waals surface area contributed by atoms with Crippen LogP contribution in [0.5, 0.6) is 0 Å². The summed E-state index contributed by atoms with van der Waals surface area (Å²) >= 11 is 0. The van der Waals surface area contributed by atoms with Gasteiger partial charge in [0.1, 0.15) is 0 Å². The molecular formula is C14H17F2NO2. The average molecular weight is 269 g/mol.